The average molecular weight is 208 g/mol. The van der Waals surface area contributed by atoms with E-state index >= 15 is 0 Å². The van der Waals surface area contributed by atoms with Crippen molar-refractivity contribution in [1.29, 1.82) is 0 Å². The summed E-state index contributed by atoms with van der Waals surface area (Å²) in [4.78, 5) is 0. The molecule has 0 radical (unpaired) electrons. The Kier molecular flexibility index (Phi) is 3.09. The van der Waals surface area contributed by atoms with E-state index in [1.54, 1.807) is 12.1 Å². The molecule has 0 unspecified atom stereocenters. The molecule has 1 fully saturated rings. The van der Waals surface area contributed by atoms with E-state index < -0.39 is 0 Å². The predicted molar refractivity (Wildman–Crippen MR) is 61.3 cm³/mol. The van der Waals surface area contributed by atoms with E-state index in [2.05, 4.69) is 5.32 Å². The SMILES string of the molecule is Nc1cc(NC2CCCCC2)ccc1F. The summed E-state index contributed by atoms with van der Waals surface area (Å²) in [6.07, 6.45) is 6.32. The Labute approximate surface area is 89.7 Å². The number of anilines is 2. The van der Waals surface area contributed by atoms with Gasteiger partial charge >= 0.3 is 0 Å². The zero-order chi connectivity index (χ0) is 10.7. The van der Waals surface area contributed by atoms with Crippen molar-refractivity contribution in [2.24, 2.45) is 0 Å². The molecule has 1 saturated carbocycles. The van der Waals surface area contributed by atoms with Gasteiger partial charge < -0.3 is 11.1 Å². The van der Waals surface area contributed by atoms with Crippen LogP contribution in [0, 0.1) is 5.82 Å². The van der Waals surface area contributed by atoms with E-state index in [1.807, 2.05) is 0 Å². The van der Waals surface area contributed by atoms with Crippen molar-refractivity contribution in [3.05, 3.63) is 24.0 Å². The van der Waals surface area contributed by atoms with Gasteiger partial charge in [0.05, 0.1) is 5.69 Å². The third kappa shape index (κ3) is 2.61. The summed E-state index contributed by atoms with van der Waals surface area (Å²) in [5, 5.41) is 3.40. The molecule has 0 aromatic heterocycles. The van der Waals surface area contributed by atoms with Crippen LogP contribution in [0.1, 0.15) is 32.1 Å². The summed E-state index contributed by atoms with van der Waals surface area (Å²) in [7, 11) is 0. The lowest BCUT2D eigenvalue weighted by Gasteiger charge is -2.23. The summed E-state index contributed by atoms with van der Waals surface area (Å²) < 4.78 is 12.9. The number of nitrogens with two attached hydrogens (primary N) is 1. The van der Waals surface area contributed by atoms with Gasteiger partial charge in [0.25, 0.3) is 0 Å². The van der Waals surface area contributed by atoms with Crippen LogP contribution in [0.25, 0.3) is 0 Å². The van der Waals surface area contributed by atoms with Crippen LogP contribution in [0.4, 0.5) is 15.8 Å². The standard InChI is InChI=1S/C12H17FN2/c13-11-7-6-10(8-12(11)14)15-9-4-2-1-3-5-9/h6-9,15H,1-5,14H2. The first kappa shape index (κ1) is 10.3. The topological polar surface area (TPSA) is 38.0 Å². The summed E-state index contributed by atoms with van der Waals surface area (Å²) >= 11 is 0. The zero-order valence-corrected chi connectivity index (χ0v) is 8.80. The fourth-order valence-electron chi connectivity index (χ4n) is 2.12. The van der Waals surface area contributed by atoms with E-state index in [0.717, 1.165) is 5.69 Å². The van der Waals surface area contributed by atoms with Gasteiger partial charge in [0.15, 0.2) is 0 Å². The van der Waals surface area contributed by atoms with Crippen molar-refractivity contribution < 1.29 is 4.39 Å². The molecule has 3 heteroatoms. The first-order valence-corrected chi connectivity index (χ1v) is 5.57. The summed E-state index contributed by atoms with van der Waals surface area (Å²) in [5.74, 6) is -0.343. The van der Waals surface area contributed by atoms with Gasteiger partial charge in [-0.1, -0.05) is 19.3 Å². The highest BCUT2D eigenvalue weighted by molar-refractivity contribution is 5.55. The zero-order valence-electron chi connectivity index (χ0n) is 8.80. The van der Waals surface area contributed by atoms with Gasteiger partial charge in [0.1, 0.15) is 5.82 Å². The Morgan fingerprint density at radius 1 is 1.20 bits per heavy atom. The molecule has 2 nitrogen and oxygen atoms in total. The maximum atomic E-state index is 12.9. The first-order valence-electron chi connectivity index (χ1n) is 5.57. The molecular formula is C12H17FN2. The van der Waals surface area contributed by atoms with Crippen LogP contribution in [-0.4, -0.2) is 6.04 Å². The first-order chi connectivity index (χ1) is 7.25. The molecule has 3 N–H and O–H groups in total. The molecule has 0 amide bonds. The van der Waals surface area contributed by atoms with Crippen molar-refractivity contribution in [2.75, 3.05) is 11.1 Å². The normalized spacial score (nSPS) is 17.7. The maximum Gasteiger partial charge on any atom is 0.146 e. The second-order valence-corrected chi connectivity index (χ2v) is 4.22. The van der Waals surface area contributed by atoms with Gasteiger partial charge in [-0.2, -0.15) is 0 Å². The van der Waals surface area contributed by atoms with Crippen LogP contribution < -0.4 is 11.1 Å². The Morgan fingerprint density at radius 3 is 2.60 bits per heavy atom. The number of rotatable bonds is 2. The third-order valence-electron chi connectivity index (χ3n) is 2.97. The molecule has 82 valence electrons. The van der Waals surface area contributed by atoms with Crippen molar-refractivity contribution in [3.8, 4) is 0 Å². The smallest absolute Gasteiger partial charge is 0.146 e. The molecule has 1 aliphatic rings. The molecule has 0 atom stereocenters. The lowest BCUT2D eigenvalue weighted by atomic mass is 9.95. The van der Waals surface area contributed by atoms with E-state index in [0.29, 0.717) is 6.04 Å². The fourth-order valence-corrected chi connectivity index (χ4v) is 2.12. The van der Waals surface area contributed by atoms with E-state index in [9.17, 15) is 4.39 Å². The maximum absolute atomic E-state index is 12.9. The van der Waals surface area contributed by atoms with Crippen molar-refractivity contribution in [3.63, 3.8) is 0 Å². The lowest BCUT2D eigenvalue weighted by molar-refractivity contribution is 0.462. The Morgan fingerprint density at radius 2 is 1.93 bits per heavy atom. The van der Waals surface area contributed by atoms with Crippen LogP contribution in [0.3, 0.4) is 0 Å². The van der Waals surface area contributed by atoms with Gasteiger partial charge in [-0.15, -0.1) is 0 Å². The molecule has 1 aromatic carbocycles. The largest absolute Gasteiger partial charge is 0.396 e. The van der Waals surface area contributed by atoms with Crippen LogP contribution in [0.5, 0.6) is 0 Å². The van der Waals surface area contributed by atoms with Gasteiger partial charge in [-0.3, -0.25) is 0 Å². The monoisotopic (exact) mass is 208 g/mol. The van der Waals surface area contributed by atoms with Crippen LogP contribution in [-0.2, 0) is 0 Å². The minimum absolute atomic E-state index is 0.218. The van der Waals surface area contributed by atoms with E-state index in [-0.39, 0.29) is 11.5 Å². The van der Waals surface area contributed by atoms with Gasteiger partial charge in [-0.25, -0.2) is 4.39 Å². The molecule has 0 bridgehead atoms. The quantitative estimate of drug-likeness (QED) is 0.733. The van der Waals surface area contributed by atoms with E-state index in [4.69, 9.17) is 5.73 Å². The third-order valence-corrected chi connectivity index (χ3v) is 2.97. The highest BCUT2D eigenvalue weighted by atomic mass is 19.1. The average Bonchev–Trinajstić information content (AvgIpc) is 2.25. The molecule has 1 aromatic rings. The molecular weight excluding hydrogens is 191 g/mol. The Bertz CT molecular complexity index is 332. The van der Waals surface area contributed by atoms with Crippen LogP contribution in [0.2, 0.25) is 0 Å². The van der Waals surface area contributed by atoms with Gasteiger partial charge in [-0.05, 0) is 31.0 Å². The minimum Gasteiger partial charge on any atom is -0.396 e. The van der Waals surface area contributed by atoms with Crippen molar-refractivity contribution >= 4 is 11.4 Å². The molecule has 0 aliphatic heterocycles. The van der Waals surface area contributed by atoms with Crippen molar-refractivity contribution in [1.82, 2.24) is 0 Å². The summed E-state index contributed by atoms with van der Waals surface area (Å²) in [6.45, 7) is 0. The molecule has 15 heavy (non-hydrogen) atoms. The minimum atomic E-state index is -0.343. The number of nitrogens with one attached hydrogen (secondary N) is 1. The predicted octanol–water partition coefficient (Wildman–Crippen LogP) is 3.15. The number of halogens is 1. The number of benzene rings is 1. The van der Waals surface area contributed by atoms with Crippen LogP contribution in [0.15, 0.2) is 18.2 Å². The molecule has 0 saturated heterocycles. The van der Waals surface area contributed by atoms with E-state index in [1.165, 1.54) is 38.2 Å². The van der Waals surface area contributed by atoms with Gasteiger partial charge in [0.2, 0.25) is 0 Å². The molecule has 1 aliphatic carbocycles. The van der Waals surface area contributed by atoms with Crippen LogP contribution >= 0.6 is 0 Å². The Balaban J connectivity index is 2.00. The van der Waals surface area contributed by atoms with Gasteiger partial charge in [0, 0.05) is 11.7 Å². The highest BCUT2D eigenvalue weighted by Gasteiger charge is 2.13. The summed E-state index contributed by atoms with van der Waals surface area (Å²) in [5.41, 5.74) is 6.66. The number of nitrogen functional groups attached to an aromatic ring is 1. The fraction of sp³-hybridized carbons (Fsp3) is 0.500. The second kappa shape index (κ2) is 4.51. The lowest BCUT2D eigenvalue weighted by Crippen LogP contribution is -2.22. The number of hydrogen-bond donors (Lipinski definition) is 2. The number of hydrogen-bond acceptors (Lipinski definition) is 2. The highest BCUT2D eigenvalue weighted by Crippen LogP contribution is 2.23. The summed E-state index contributed by atoms with van der Waals surface area (Å²) in [6, 6.07) is 5.37. The molecule has 2 rings (SSSR count). The van der Waals surface area contributed by atoms with Crippen molar-refractivity contribution in [2.45, 2.75) is 38.1 Å². The Hall–Kier alpha value is -1.25. The molecule has 0 spiro atoms. The molecule has 0 heterocycles. The second-order valence-electron chi connectivity index (χ2n) is 4.22.